The fourth-order valence-corrected chi connectivity index (χ4v) is 2.69. The third-order valence-electron chi connectivity index (χ3n) is 4.07. The lowest BCUT2D eigenvalue weighted by Gasteiger charge is -2.27. The maximum atomic E-state index is 14.0. The van der Waals surface area contributed by atoms with Gasteiger partial charge in [-0.05, 0) is 26.0 Å². The summed E-state index contributed by atoms with van der Waals surface area (Å²) in [6.07, 6.45) is 2.73. The monoisotopic (exact) mass is 377 g/mol. The summed E-state index contributed by atoms with van der Waals surface area (Å²) < 4.78 is 25.8. The first-order valence-corrected chi connectivity index (χ1v) is 8.53. The van der Waals surface area contributed by atoms with Crippen molar-refractivity contribution in [2.24, 2.45) is 5.73 Å². The van der Waals surface area contributed by atoms with Crippen LogP contribution in [0.1, 0.15) is 34.1 Å². The van der Waals surface area contributed by atoms with E-state index in [1.165, 1.54) is 29.3 Å². The summed E-state index contributed by atoms with van der Waals surface area (Å²) in [5.41, 5.74) is 6.09. The van der Waals surface area contributed by atoms with Crippen LogP contribution in [0, 0.1) is 0 Å². The first-order chi connectivity index (χ1) is 13.0. The Balaban J connectivity index is 1.85. The number of esters is 1. The highest BCUT2D eigenvalue weighted by Gasteiger charge is 2.28. The van der Waals surface area contributed by atoms with Gasteiger partial charge in [0.25, 0.3) is 5.91 Å². The van der Waals surface area contributed by atoms with E-state index in [1.54, 1.807) is 6.92 Å². The first-order valence-electron chi connectivity index (χ1n) is 8.53. The van der Waals surface area contributed by atoms with Gasteiger partial charge in [0.1, 0.15) is 17.8 Å². The van der Waals surface area contributed by atoms with Gasteiger partial charge in [0, 0.05) is 12.7 Å². The molecule has 1 amide bonds. The van der Waals surface area contributed by atoms with Crippen molar-refractivity contribution in [3.63, 3.8) is 0 Å². The largest absolute Gasteiger partial charge is 0.471 e. The second-order valence-corrected chi connectivity index (χ2v) is 5.97. The van der Waals surface area contributed by atoms with Crippen LogP contribution in [0.4, 0.5) is 4.39 Å². The van der Waals surface area contributed by atoms with Crippen molar-refractivity contribution < 1.29 is 23.5 Å². The number of nitrogens with one attached hydrogen (secondary N) is 1. The molecule has 0 saturated carbocycles. The Labute approximate surface area is 154 Å². The first kappa shape index (κ1) is 18.8. The average molecular weight is 377 g/mol. The van der Waals surface area contributed by atoms with Crippen LogP contribution in [0.5, 0.6) is 5.88 Å². The number of aromatic nitrogens is 3. The van der Waals surface area contributed by atoms with Crippen LogP contribution in [-0.4, -0.2) is 58.6 Å². The molecule has 1 saturated heterocycles. The van der Waals surface area contributed by atoms with Crippen molar-refractivity contribution in [3.05, 3.63) is 35.8 Å². The van der Waals surface area contributed by atoms with Gasteiger partial charge in [0.15, 0.2) is 0 Å². The van der Waals surface area contributed by atoms with E-state index in [9.17, 15) is 14.0 Å². The number of carbonyl (C=O) groups is 2. The Morgan fingerprint density at radius 1 is 1.44 bits per heavy atom. The normalized spacial score (nSPS) is 19.5. The van der Waals surface area contributed by atoms with Crippen molar-refractivity contribution in [2.75, 3.05) is 19.7 Å². The number of hydrogen-bond acceptors (Lipinski definition) is 7. The number of amides is 1. The predicted molar refractivity (Wildman–Crippen MR) is 92.6 cm³/mol. The average Bonchev–Trinajstić information content (AvgIpc) is 3.14. The Morgan fingerprint density at radius 3 is 2.96 bits per heavy atom. The van der Waals surface area contributed by atoms with Gasteiger partial charge in [-0.2, -0.15) is 5.10 Å². The van der Waals surface area contributed by atoms with Crippen molar-refractivity contribution in [1.29, 1.82) is 0 Å². The van der Waals surface area contributed by atoms with Gasteiger partial charge in [0.05, 0.1) is 30.3 Å². The number of nitrogens with two attached hydrogens (primary N) is 1. The number of halogens is 1. The molecule has 144 valence electrons. The predicted octanol–water partition coefficient (Wildman–Crippen LogP) is 0.622. The molecule has 2 aromatic heterocycles. The molecule has 3 N–H and O–H groups in total. The van der Waals surface area contributed by atoms with E-state index >= 15 is 0 Å². The van der Waals surface area contributed by atoms with Gasteiger partial charge in [-0.1, -0.05) is 0 Å². The topological polar surface area (TPSA) is 121 Å². The van der Waals surface area contributed by atoms with Gasteiger partial charge in [-0.15, -0.1) is 0 Å². The molecule has 0 bridgehead atoms. The minimum Gasteiger partial charge on any atom is -0.471 e. The Morgan fingerprint density at radius 2 is 2.26 bits per heavy atom. The minimum atomic E-state index is -1.21. The highest BCUT2D eigenvalue weighted by molar-refractivity contribution is 5.95. The lowest BCUT2D eigenvalue weighted by Crippen LogP contribution is -2.44. The molecule has 2 atom stereocenters. The van der Waals surface area contributed by atoms with Crippen molar-refractivity contribution in [3.8, 4) is 11.6 Å². The third-order valence-corrected chi connectivity index (χ3v) is 4.07. The lowest BCUT2D eigenvalue weighted by atomic mass is 10.1. The number of hydrogen-bond donors (Lipinski definition) is 2. The summed E-state index contributed by atoms with van der Waals surface area (Å²) in [5, 5.41) is 6.98. The molecule has 0 spiro atoms. The number of ether oxygens (including phenoxy) is 2. The number of alkyl halides is 1. The highest BCUT2D eigenvalue weighted by Crippen LogP contribution is 2.23. The molecule has 0 unspecified atom stereocenters. The van der Waals surface area contributed by atoms with E-state index < -0.39 is 24.2 Å². The summed E-state index contributed by atoms with van der Waals surface area (Å²) in [4.78, 5) is 27.7. The Bertz CT molecular complexity index is 840. The van der Waals surface area contributed by atoms with Crippen LogP contribution in [0.2, 0.25) is 0 Å². The highest BCUT2D eigenvalue weighted by atomic mass is 19.1. The Kier molecular flexibility index (Phi) is 5.65. The smallest absolute Gasteiger partial charge is 0.341 e. The standard InChI is InChI=1S/C17H20FN5O4/c1-2-26-17(25)10-6-22-23(9-10)11-5-12(15(19)24)16(21-7-11)27-14-3-4-20-8-13(14)18/h5-7,9,13-14,20H,2-4,8H2,1H3,(H2,19,24)/t13-,14+/m0/s1. The van der Waals surface area contributed by atoms with Gasteiger partial charge < -0.3 is 20.5 Å². The molecule has 1 aliphatic heterocycles. The van der Waals surface area contributed by atoms with Crippen LogP contribution in [0.3, 0.4) is 0 Å². The second kappa shape index (κ2) is 8.12. The zero-order valence-electron chi connectivity index (χ0n) is 14.7. The molecule has 3 heterocycles. The van der Waals surface area contributed by atoms with Gasteiger partial charge >= 0.3 is 5.97 Å². The fraction of sp³-hybridized carbons (Fsp3) is 0.412. The summed E-state index contributed by atoms with van der Waals surface area (Å²) in [6.45, 7) is 2.74. The molecule has 1 fully saturated rings. The molecule has 0 aromatic carbocycles. The van der Waals surface area contributed by atoms with Crippen molar-refractivity contribution in [1.82, 2.24) is 20.1 Å². The van der Waals surface area contributed by atoms with Crippen molar-refractivity contribution in [2.45, 2.75) is 25.6 Å². The summed E-state index contributed by atoms with van der Waals surface area (Å²) >= 11 is 0. The molecule has 0 aliphatic carbocycles. The van der Waals surface area contributed by atoms with Gasteiger partial charge in [0.2, 0.25) is 5.88 Å². The number of piperidine rings is 1. The van der Waals surface area contributed by atoms with Crippen molar-refractivity contribution >= 4 is 11.9 Å². The molecule has 1 aliphatic rings. The quantitative estimate of drug-likeness (QED) is 0.708. The van der Waals surface area contributed by atoms with Gasteiger partial charge in [-0.3, -0.25) is 4.79 Å². The number of rotatable bonds is 6. The van der Waals surface area contributed by atoms with E-state index in [0.717, 1.165) is 0 Å². The SMILES string of the molecule is CCOC(=O)c1cnn(-c2cnc(O[C@@H]3CCNC[C@@H]3F)c(C(N)=O)c2)c1. The third kappa shape index (κ3) is 4.22. The lowest BCUT2D eigenvalue weighted by molar-refractivity contribution is 0.0526. The molecule has 2 aromatic rings. The minimum absolute atomic E-state index is 0.00594. The van der Waals surface area contributed by atoms with Crippen LogP contribution >= 0.6 is 0 Å². The molecule has 0 radical (unpaired) electrons. The molecule has 10 heteroatoms. The molecular weight excluding hydrogens is 357 g/mol. The van der Waals surface area contributed by atoms with E-state index in [-0.39, 0.29) is 30.2 Å². The van der Waals surface area contributed by atoms with Gasteiger partial charge in [-0.25, -0.2) is 18.9 Å². The molecule has 9 nitrogen and oxygen atoms in total. The maximum absolute atomic E-state index is 14.0. The number of pyridine rings is 1. The summed E-state index contributed by atoms with van der Waals surface area (Å²) in [7, 11) is 0. The number of primary amides is 1. The van der Waals surface area contributed by atoms with E-state index in [0.29, 0.717) is 18.7 Å². The maximum Gasteiger partial charge on any atom is 0.341 e. The molecule has 3 rings (SSSR count). The summed E-state index contributed by atoms with van der Waals surface area (Å²) in [5.74, 6) is -1.30. The zero-order chi connectivity index (χ0) is 19.4. The van der Waals surface area contributed by atoms with E-state index in [4.69, 9.17) is 15.2 Å². The van der Waals surface area contributed by atoms with Crippen LogP contribution in [-0.2, 0) is 4.74 Å². The van der Waals surface area contributed by atoms with E-state index in [1.807, 2.05) is 0 Å². The van der Waals surface area contributed by atoms with Crippen LogP contribution < -0.4 is 15.8 Å². The summed E-state index contributed by atoms with van der Waals surface area (Å²) in [6, 6.07) is 1.43. The fourth-order valence-electron chi connectivity index (χ4n) is 2.69. The molecule has 27 heavy (non-hydrogen) atoms. The number of carbonyl (C=O) groups excluding carboxylic acids is 2. The second-order valence-electron chi connectivity index (χ2n) is 5.97. The number of nitrogens with zero attached hydrogens (tertiary/aromatic N) is 3. The zero-order valence-corrected chi connectivity index (χ0v) is 14.7. The Hall–Kier alpha value is -3.01. The molecular formula is C17H20FN5O4. The van der Waals surface area contributed by atoms with Crippen LogP contribution in [0.25, 0.3) is 5.69 Å². The van der Waals surface area contributed by atoms with Crippen LogP contribution in [0.15, 0.2) is 24.7 Å². The van der Waals surface area contributed by atoms with E-state index in [2.05, 4.69) is 15.4 Å².